The first-order valence-electron chi connectivity index (χ1n) is 10.3. The summed E-state index contributed by atoms with van der Waals surface area (Å²) in [5.41, 5.74) is 3.48. The summed E-state index contributed by atoms with van der Waals surface area (Å²) in [6.45, 7) is 0. The van der Waals surface area contributed by atoms with Crippen LogP contribution in [-0.4, -0.2) is 26.2 Å². The van der Waals surface area contributed by atoms with Crippen LogP contribution in [0.25, 0.3) is 10.9 Å². The number of nitrogens with one attached hydrogen (secondary N) is 5. The first-order chi connectivity index (χ1) is 16.6. The molecule has 9 nitrogen and oxygen atoms in total. The number of amides is 2. The number of urea groups is 1. The monoisotopic (exact) mass is 454 g/mol. The summed E-state index contributed by atoms with van der Waals surface area (Å²) in [7, 11) is 0. The summed E-state index contributed by atoms with van der Waals surface area (Å²) in [4.78, 5) is 20.9. The van der Waals surface area contributed by atoms with E-state index in [9.17, 15) is 9.18 Å². The van der Waals surface area contributed by atoms with Crippen LogP contribution in [0.5, 0.6) is 0 Å². The van der Waals surface area contributed by atoms with Crippen LogP contribution in [0.2, 0.25) is 0 Å². The predicted molar refractivity (Wildman–Crippen MR) is 130 cm³/mol. The Morgan fingerprint density at radius 3 is 2.47 bits per heavy atom. The minimum absolute atomic E-state index is 0.367. The molecule has 2 heterocycles. The third-order valence-electron chi connectivity index (χ3n) is 4.85. The summed E-state index contributed by atoms with van der Waals surface area (Å²) in [6.07, 6.45) is 3.42. The van der Waals surface area contributed by atoms with Crippen molar-refractivity contribution in [3.8, 4) is 0 Å². The zero-order valence-electron chi connectivity index (χ0n) is 17.7. The summed E-state index contributed by atoms with van der Waals surface area (Å²) < 4.78 is 13.2. The number of H-pyrrole nitrogens is 1. The lowest BCUT2D eigenvalue weighted by Crippen LogP contribution is -2.19. The van der Waals surface area contributed by atoms with Crippen LogP contribution in [0.4, 0.5) is 43.7 Å². The summed E-state index contributed by atoms with van der Waals surface area (Å²) in [6, 6.07) is 19.9. The molecule has 0 bridgehead atoms. The SMILES string of the molecule is O=C(Nc1ccc(Nc2nccc(Nc3ccc4cn[nH]c4c3)n2)cc1)Nc1cccc(F)c1. The van der Waals surface area contributed by atoms with Crippen molar-refractivity contribution in [2.24, 2.45) is 0 Å². The molecule has 0 radical (unpaired) electrons. The molecule has 0 aliphatic carbocycles. The van der Waals surface area contributed by atoms with Crippen LogP contribution in [-0.2, 0) is 0 Å². The zero-order valence-corrected chi connectivity index (χ0v) is 17.7. The normalized spacial score (nSPS) is 10.6. The van der Waals surface area contributed by atoms with Crippen molar-refractivity contribution in [1.29, 1.82) is 0 Å². The van der Waals surface area contributed by atoms with Gasteiger partial charge in [0.25, 0.3) is 0 Å². The number of aromatic amines is 1. The molecular formula is C24H19FN8O. The van der Waals surface area contributed by atoms with Crippen molar-refractivity contribution in [3.05, 3.63) is 91.0 Å². The number of nitrogens with zero attached hydrogens (tertiary/aromatic N) is 3. The molecule has 2 aromatic heterocycles. The van der Waals surface area contributed by atoms with Crippen molar-refractivity contribution in [1.82, 2.24) is 20.2 Å². The van der Waals surface area contributed by atoms with Crippen molar-refractivity contribution < 1.29 is 9.18 Å². The lowest BCUT2D eigenvalue weighted by Gasteiger charge is -2.10. The Bertz CT molecular complexity index is 1450. The van der Waals surface area contributed by atoms with Crippen LogP contribution in [0.3, 0.4) is 0 Å². The second-order valence-electron chi connectivity index (χ2n) is 7.35. The fraction of sp³-hybridized carbons (Fsp3) is 0. The van der Waals surface area contributed by atoms with Crippen molar-refractivity contribution in [2.45, 2.75) is 0 Å². The molecule has 0 aliphatic heterocycles. The molecule has 5 N–H and O–H groups in total. The molecule has 0 saturated carbocycles. The Kier molecular flexibility index (Phi) is 5.68. The van der Waals surface area contributed by atoms with Gasteiger partial charge in [-0.1, -0.05) is 6.07 Å². The van der Waals surface area contributed by atoms with E-state index < -0.39 is 11.8 Å². The number of aromatic nitrogens is 4. The number of hydrogen-bond donors (Lipinski definition) is 5. The van der Waals surface area contributed by atoms with Gasteiger partial charge in [0.05, 0.1) is 11.7 Å². The molecule has 5 rings (SSSR count). The number of hydrogen-bond acceptors (Lipinski definition) is 6. The Morgan fingerprint density at radius 1 is 0.824 bits per heavy atom. The highest BCUT2D eigenvalue weighted by Crippen LogP contribution is 2.22. The molecule has 0 unspecified atom stereocenters. The first-order valence-corrected chi connectivity index (χ1v) is 10.3. The summed E-state index contributed by atoms with van der Waals surface area (Å²) in [5.74, 6) is 0.620. The average Bonchev–Trinajstić information content (AvgIpc) is 3.29. The molecule has 168 valence electrons. The van der Waals surface area contributed by atoms with Crippen molar-refractivity contribution in [3.63, 3.8) is 0 Å². The van der Waals surface area contributed by atoms with Crippen molar-refractivity contribution in [2.75, 3.05) is 21.3 Å². The molecule has 0 saturated heterocycles. The number of fused-ring (bicyclic) bond motifs is 1. The van der Waals surface area contributed by atoms with E-state index in [-0.39, 0.29) is 0 Å². The third-order valence-corrected chi connectivity index (χ3v) is 4.85. The maximum absolute atomic E-state index is 13.2. The zero-order chi connectivity index (χ0) is 23.3. The van der Waals surface area contributed by atoms with Gasteiger partial charge in [0.1, 0.15) is 11.6 Å². The molecule has 0 aliphatic rings. The largest absolute Gasteiger partial charge is 0.340 e. The topological polar surface area (TPSA) is 120 Å². The highest BCUT2D eigenvalue weighted by atomic mass is 19.1. The number of rotatable bonds is 6. The van der Waals surface area contributed by atoms with E-state index in [2.05, 4.69) is 41.4 Å². The first kappa shape index (κ1) is 20.9. The molecular weight excluding hydrogens is 435 g/mol. The highest BCUT2D eigenvalue weighted by molar-refractivity contribution is 5.99. The molecule has 0 fully saturated rings. The molecule has 2 amide bonds. The van der Waals surface area contributed by atoms with E-state index in [1.165, 1.54) is 18.2 Å². The van der Waals surface area contributed by atoms with Crippen LogP contribution in [0.15, 0.2) is 85.2 Å². The van der Waals surface area contributed by atoms with Gasteiger partial charge in [-0.15, -0.1) is 0 Å². The fourth-order valence-corrected chi connectivity index (χ4v) is 3.28. The van der Waals surface area contributed by atoms with Gasteiger partial charge >= 0.3 is 6.03 Å². The molecule has 5 aromatic rings. The van der Waals surface area contributed by atoms with Gasteiger partial charge in [-0.2, -0.15) is 10.1 Å². The second-order valence-corrected chi connectivity index (χ2v) is 7.35. The van der Waals surface area contributed by atoms with Crippen LogP contribution in [0, 0.1) is 5.82 Å². The Morgan fingerprint density at radius 2 is 1.62 bits per heavy atom. The minimum atomic E-state index is -0.471. The average molecular weight is 454 g/mol. The third kappa shape index (κ3) is 5.07. The second kappa shape index (κ2) is 9.25. The molecule has 34 heavy (non-hydrogen) atoms. The maximum atomic E-state index is 13.2. The van der Waals surface area contributed by atoms with E-state index in [1.54, 1.807) is 48.8 Å². The predicted octanol–water partition coefficient (Wildman–Crippen LogP) is 5.62. The number of halogens is 1. The van der Waals surface area contributed by atoms with Gasteiger partial charge in [-0.25, -0.2) is 14.2 Å². The molecule has 3 aromatic carbocycles. The summed E-state index contributed by atoms with van der Waals surface area (Å²) >= 11 is 0. The standard InChI is InChI=1S/C24H19FN8O/c25-16-2-1-3-19(12-16)31-24(34)30-18-8-6-17(7-9-18)29-23-26-11-10-22(32-23)28-20-5-4-15-14-27-33-21(15)13-20/h1-14H,(H,27,33)(H2,30,31,34)(H2,26,28,29,32). The molecule has 0 atom stereocenters. The van der Waals surface area contributed by atoms with Crippen LogP contribution in [0.1, 0.15) is 0 Å². The van der Waals surface area contributed by atoms with Gasteiger partial charge in [0.15, 0.2) is 0 Å². The lowest BCUT2D eigenvalue weighted by molar-refractivity contribution is 0.262. The number of carbonyl (C=O) groups is 1. The lowest BCUT2D eigenvalue weighted by atomic mass is 10.2. The van der Waals surface area contributed by atoms with E-state index in [4.69, 9.17) is 0 Å². The van der Waals surface area contributed by atoms with Crippen molar-refractivity contribution >= 4 is 51.4 Å². The quantitative estimate of drug-likeness (QED) is 0.227. The van der Waals surface area contributed by atoms with E-state index >= 15 is 0 Å². The minimum Gasteiger partial charge on any atom is -0.340 e. The van der Waals surface area contributed by atoms with Gasteiger partial charge in [0, 0.05) is 34.3 Å². The Balaban J connectivity index is 1.20. The number of benzene rings is 3. The summed E-state index contributed by atoms with van der Waals surface area (Å²) in [5, 5.41) is 19.7. The van der Waals surface area contributed by atoms with Gasteiger partial charge in [-0.3, -0.25) is 5.10 Å². The Labute approximate surface area is 193 Å². The maximum Gasteiger partial charge on any atom is 0.323 e. The van der Waals surface area contributed by atoms with Crippen LogP contribution < -0.4 is 21.3 Å². The molecule has 10 heteroatoms. The number of carbonyl (C=O) groups excluding carboxylic acids is 1. The van der Waals surface area contributed by atoms with E-state index in [1.807, 2.05) is 18.2 Å². The van der Waals surface area contributed by atoms with Gasteiger partial charge < -0.3 is 21.3 Å². The smallest absolute Gasteiger partial charge is 0.323 e. The Hall–Kier alpha value is -4.99. The molecule has 0 spiro atoms. The number of anilines is 6. The fourth-order valence-electron chi connectivity index (χ4n) is 3.28. The van der Waals surface area contributed by atoms with E-state index in [0.717, 1.165) is 22.3 Å². The van der Waals surface area contributed by atoms with Gasteiger partial charge in [-0.05, 0) is 66.7 Å². The van der Waals surface area contributed by atoms with E-state index in [0.29, 0.717) is 23.1 Å². The van der Waals surface area contributed by atoms with Crippen LogP contribution >= 0.6 is 0 Å². The highest BCUT2D eigenvalue weighted by Gasteiger charge is 2.06. The van der Waals surface area contributed by atoms with Gasteiger partial charge in [0.2, 0.25) is 5.95 Å².